The lowest BCUT2D eigenvalue weighted by molar-refractivity contribution is 0.0381. The molecular weight excluding hydrogens is 306 g/mol. The second-order valence-corrected chi connectivity index (χ2v) is 8.55. The molecule has 1 aromatic heterocycles. The first-order valence-corrected chi connectivity index (χ1v) is 9.90. The fraction of sp³-hybridized carbons (Fsp3) is 0.722. The Balaban J connectivity index is 1.42. The number of amides is 1. The summed E-state index contributed by atoms with van der Waals surface area (Å²) in [6.45, 7) is 6.00. The van der Waals surface area contributed by atoms with E-state index in [1.807, 2.05) is 6.07 Å². The van der Waals surface area contributed by atoms with Gasteiger partial charge in [0.1, 0.15) is 0 Å². The standard InChI is InChI=1S/C18H27N3OS/c19-18(22)17-10-14-12-20(9-6-16(14)23-17)11-13-4-3-8-21-7-2-1-5-15(13)21/h10,13,15H,1-9,11-12H2,(H2,19,22)/t13-,15+/m0/s1. The van der Waals surface area contributed by atoms with Crippen LogP contribution in [0.4, 0.5) is 0 Å². The number of hydrogen-bond acceptors (Lipinski definition) is 4. The lowest BCUT2D eigenvalue weighted by Crippen LogP contribution is -2.51. The molecule has 0 aliphatic carbocycles. The third kappa shape index (κ3) is 3.19. The molecule has 4 rings (SSSR count). The summed E-state index contributed by atoms with van der Waals surface area (Å²) < 4.78 is 0. The van der Waals surface area contributed by atoms with Gasteiger partial charge in [0.15, 0.2) is 0 Å². The fourth-order valence-corrected chi connectivity index (χ4v) is 5.81. The van der Waals surface area contributed by atoms with Crippen molar-refractivity contribution in [1.29, 1.82) is 0 Å². The van der Waals surface area contributed by atoms with Crippen molar-refractivity contribution in [3.8, 4) is 0 Å². The predicted molar refractivity (Wildman–Crippen MR) is 93.8 cm³/mol. The number of nitrogens with two attached hydrogens (primary N) is 1. The minimum absolute atomic E-state index is 0.277. The molecule has 1 aromatic rings. The molecule has 4 heterocycles. The van der Waals surface area contributed by atoms with Crippen molar-refractivity contribution in [2.45, 2.75) is 51.1 Å². The zero-order chi connectivity index (χ0) is 15.8. The highest BCUT2D eigenvalue weighted by atomic mass is 32.1. The Kier molecular flexibility index (Phi) is 4.43. The van der Waals surface area contributed by atoms with Gasteiger partial charge in [0.2, 0.25) is 0 Å². The van der Waals surface area contributed by atoms with Crippen molar-refractivity contribution in [1.82, 2.24) is 9.80 Å². The van der Waals surface area contributed by atoms with Crippen LogP contribution in [0.2, 0.25) is 0 Å². The molecule has 2 atom stereocenters. The molecule has 1 amide bonds. The molecule has 2 N–H and O–H groups in total. The molecule has 126 valence electrons. The summed E-state index contributed by atoms with van der Waals surface area (Å²) in [5.74, 6) is 0.556. The monoisotopic (exact) mass is 333 g/mol. The van der Waals surface area contributed by atoms with Gasteiger partial charge in [-0.1, -0.05) is 6.42 Å². The van der Waals surface area contributed by atoms with Crippen LogP contribution in [0.1, 0.15) is 52.2 Å². The second-order valence-electron chi connectivity index (χ2n) is 7.41. The first kappa shape index (κ1) is 15.6. The average molecular weight is 334 g/mol. The van der Waals surface area contributed by atoms with Crippen LogP contribution >= 0.6 is 11.3 Å². The first-order chi connectivity index (χ1) is 11.2. The average Bonchev–Trinajstić information content (AvgIpc) is 2.99. The molecule has 0 spiro atoms. The second kappa shape index (κ2) is 6.54. The SMILES string of the molecule is NC(=O)c1cc2c(s1)CCN(C[C@@H]1CCCN3CCCC[C@H]13)C2. The number of carbonyl (C=O) groups excluding carboxylic acids is 1. The molecule has 4 nitrogen and oxygen atoms in total. The van der Waals surface area contributed by atoms with E-state index in [1.165, 1.54) is 62.2 Å². The highest BCUT2D eigenvalue weighted by molar-refractivity contribution is 7.14. The fourth-order valence-electron chi connectivity index (χ4n) is 4.79. The maximum absolute atomic E-state index is 11.4. The predicted octanol–water partition coefficient (Wildman–Crippen LogP) is 2.47. The minimum atomic E-state index is -0.277. The molecular formula is C18H27N3OS. The van der Waals surface area contributed by atoms with E-state index in [0.717, 1.165) is 36.3 Å². The van der Waals surface area contributed by atoms with Crippen LogP contribution in [-0.4, -0.2) is 47.9 Å². The van der Waals surface area contributed by atoms with Crippen molar-refractivity contribution in [2.24, 2.45) is 11.7 Å². The molecule has 0 unspecified atom stereocenters. The van der Waals surface area contributed by atoms with Crippen molar-refractivity contribution >= 4 is 17.2 Å². The number of fused-ring (bicyclic) bond motifs is 2. The third-order valence-electron chi connectivity index (χ3n) is 5.91. The molecule has 5 heteroatoms. The highest BCUT2D eigenvalue weighted by Gasteiger charge is 2.34. The topological polar surface area (TPSA) is 49.6 Å². The maximum atomic E-state index is 11.4. The Labute approximate surface area is 142 Å². The van der Waals surface area contributed by atoms with Crippen molar-refractivity contribution < 1.29 is 4.79 Å². The quantitative estimate of drug-likeness (QED) is 0.924. The van der Waals surface area contributed by atoms with Gasteiger partial charge in [-0.2, -0.15) is 0 Å². The number of thiophene rings is 1. The molecule has 0 aromatic carbocycles. The molecule has 2 fully saturated rings. The highest BCUT2D eigenvalue weighted by Crippen LogP contribution is 2.33. The van der Waals surface area contributed by atoms with Crippen molar-refractivity contribution in [3.63, 3.8) is 0 Å². The number of carbonyl (C=O) groups is 1. The first-order valence-electron chi connectivity index (χ1n) is 9.08. The van der Waals surface area contributed by atoms with Gasteiger partial charge < -0.3 is 10.6 Å². The normalized spacial score (nSPS) is 29.0. The Morgan fingerprint density at radius 2 is 2.09 bits per heavy atom. The van der Waals surface area contributed by atoms with E-state index in [1.54, 1.807) is 11.3 Å². The third-order valence-corrected chi connectivity index (χ3v) is 7.16. The summed E-state index contributed by atoms with van der Waals surface area (Å²) in [7, 11) is 0. The van der Waals surface area contributed by atoms with Crippen LogP contribution in [0.5, 0.6) is 0 Å². The molecule has 0 saturated carbocycles. The Bertz CT molecular complexity index is 583. The van der Waals surface area contributed by atoms with E-state index in [2.05, 4.69) is 9.80 Å². The van der Waals surface area contributed by atoms with Crippen LogP contribution < -0.4 is 5.73 Å². The van der Waals surface area contributed by atoms with Gasteiger partial charge in [0, 0.05) is 30.6 Å². The van der Waals surface area contributed by atoms with E-state index in [0.29, 0.717) is 0 Å². The van der Waals surface area contributed by atoms with Crippen molar-refractivity contribution in [2.75, 3.05) is 26.2 Å². The molecule has 0 bridgehead atoms. The lowest BCUT2D eigenvalue weighted by Gasteiger charge is -2.46. The Hall–Kier alpha value is -0.910. The zero-order valence-electron chi connectivity index (χ0n) is 13.8. The van der Waals surface area contributed by atoms with Crippen LogP contribution in [0, 0.1) is 5.92 Å². The van der Waals surface area contributed by atoms with Gasteiger partial charge in [-0.3, -0.25) is 9.69 Å². The van der Waals surface area contributed by atoms with Gasteiger partial charge in [-0.25, -0.2) is 0 Å². The van der Waals surface area contributed by atoms with E-state index < -0.39 is 0 Å². The number of primary amides is 1. The summed E-state index contributed by atoms with van der Waals surface area (Å²) in [4.78, 5) is 18.9. The Morgan fingerprint density at radius 3 is 2.96 bits per heavy atom. The van der Waals surface area contributed by atoms with Gasteiger partial charge >= 0.3 is 0 Å². The summed E-state index contributed by atoms with van der Waals surface area (Å²) >= 11 is 1.60. The Morgan fingerprint density at radius 1 is 1.22 bits per heavy atom. The van der Waals surface area contributed by atoms with E-state index in [9.17, 15) is 4.79 Å². The zero-order valence-corrected chi connectivity index (χ0v) is 14.6. The number of nitrogens with zero attached hydrogens (tertiary/aromatic N) is 2. The van der Waals surface area contributed by atoms with E-state index >= 15 is 0 Å². The number of hydrogen-bond donors (Lipinski definition) is 1. The van der Waals surface area contributed by atoms with E-state index in [4.69, 9.17) is 5.73 Å². The van der Waals surface area contributed by atoms with Crippen LogP contribution in [0.15, 0.2) is 6.07 Å². The molecule has 23 heavy (non-hydrogen) atoms. The van der Waals surface area contributed by atoms with Crippen LogP contribution in [0.3, 0.4) is 0 Å². The number of rotatable bonds is 3. The van der Waals surface area contributed by atoms with E-state index in [-0.39, 0.29) is 5.91 Å². The largest absolute Gasteiger partial charge is 0.365 e. The van der Waals surface area contributed by atoms with Gasteiger partial charge in [0.25, 0.3) is 5.91 Å². The molecule has 3 aliphatic heterocycles. The van der Waals surface area contributed by atoms with Crippen LogP contribution in [0.25, 0.3) is 0 Å². The summed E-state index contributed by atoms with van der Waals surface area (Å²) in [6, 6.07) is 2.85. The maximum Gasteiger partial charge on any atom is 0.258 e. The van der Waals surface area contributed by atoms with Gasteiger partial charge in [-0.15, -0.1) is 11.3 Å². The smallest absolute Gasteiger partial charge is 0.258 e. The summed E-state index contributed by atoms with van der Waals surface area (Å²) in [6.07, 6.45) is 8.03. The van der Waals surface area contributed by atoms with Gasteiger partial charge in [-0.05, 0) is 62.7 Å². The molecule has 2 saturated heterocycles. The van der Waals surface area contributed by atoms with Gasteiger partial charge in [0.05, 0.1) is 4.88 Å². The summed E-state index contributed by atoms with van der Waals surface area (Å²) in [5, 5.41) is 0. The number of piperidine rings is 2. The van der Waals surface area contributed by atoms with Crippen LogP contribution in [-0.2, 0) is 13.0 Å². The minimum Gasteiger partial charge on any atom is -0.365 e. The molecule has 0 radical (unpaired) electrons. The summed E-state index contributed by atoms with van der Waals surface area (Å²) in [5.41, 5.74) is 6.77. The lowest BCUT2D eigenvalue weighted by atomic mass is 9.83. The van der Waals surface area contributed by atoms with Crippen molar-refractivity contribution in [3.05, 3.63) is 21.4 Å². The molecule has 3 aliphatic rings.